The third-order valence-corrected chi connectivity index (χ3v) is 4.85. The largest absolute Gasteiger partial charge is 0.497 e. The Balaban J connectivity index is 0.00000392. The molecule has 1 aromatic heterocycles. The minimum Gasteiger partial charge on any atom is -0.497 e. The monoisotopic (exact) mass is 517 g/mol. The van der Waals surface area contributed by atoms with Gasteiger partial charge in [0.05, 0.1) is 13.7 Å². The molecule has 7 nitrogen and oxygen atoms in total. The highest BCUT2D eigenvalue weighted by Gasteiger charge is 2.05. The van der Waals surface area contributed by atoms with Gasteiger partial charge in [-0.1, -0.05) is 6.92 Å². The number of aromatic nitrogens is 1. The molecular weight excluding hydrogens is 489 g/mol. The molecule has 0 fully saturated rings. The van der Waals surface area contributed by atoms with Gasteiger partial charge in [0.15, 0.2) is 5.96 Å². The lowest BCUT2D eigenvalue weighted by molar-refractivity contribution is 0.0954. The number of carbonyl (C=O) groups excluding carboxylic acids is 1. The molecule has 3 N–H and O–H groups in total. The van der Waals surface area contributed by atoms with Gasteiger partial charge >= 0.3 is 0 Å². The number of halogens is 1. The number of ether oxygens (including phenoxy) is 1. The number of thiazole rings is 1. The Morgan fingerprint density at radius 1 is 1.14 bits per heavy atom. The lowest BCUT2D eigenvalue weighted by Crippen LogP contribution is -2.41. The predicted molar refractivity (Wildman–Crippen MR) is 125 cm³/mol. The molecule has 1 aromatic carbocycles. The first-order valence-electron chi connectivity index (χ1n) is 9.04. The number of benzene rings is 1. The van der Waals surface area contributed by atoms with E-state index in [4.69, 9.17) is 4.74 Å². The number of nitrogens with zero attached hydrogens (tertiary/aromatic N) is 2. The first-order chi connectivity index (χ1) is 13.2. The summed E-state index contributed by atoms with van der Waals surface area (Å²) in [4.78, 5) is 22.3. The highest BCUT2D eigenvalue weighted by atomic mass is 127. The number of aliphatic imine (C=N–C) groups is 1. The number of guanidine groups is 1. The van der Waals surface area contributed by atoms with Crippen molar-refractivity contribution in [3.63, 3.8) is 0 Å². The number of carbonyl (C=O) groups is 1. The molecule has 0 aliphatic heterocycles. The van der Waals surface area contributed by atoms with Crippen molar-refractivity contribution >= 4 is 47.2 Å². The van der Waals surface area contributed by atoms with Crippen LogP contribution >= 0.6 is 35.3 Å². The topological polar surface area (TPSA) is 87.6 Å². The van der Waals surface area contributed by atoms with E-state index in [9.17, 15) is 4.79 Å². The summed E-state index contributed by atoms with van der Waals surface area (Å²) in [5.74, 6) is 1.33. The van der Waals surface area contributed by atoms with E-state index in [1.807, 2.05) is 13.1 Å². The Bertz CT molecular complexity index is 749. The van der Waals surface area contributed by atoms with E-state index < -0.39 is 0 Å². The standard InChI is InChI=1S/C19H27N5O2S.HI/c1-4-16-12-23-17(27-16)13-24-19(20-5-2)22-11-10-21-18(25)14-6-8-15(26-3)9-7-14;/h6-9,12H,4-5,10-11,13H2,1-3H3,(H,21,25)(H2,20,22,24);1H. The molecule has 2 rings (SSSR count). The maximum Gasteiger partial charge on any atom is 0.251 e. The molecule has 0 radical (unpaired) electrons. The first kappa shape index (κ1) is 24.2. The number of methoxy groups -OCH3 is 1. The molecule has 0 saturated heterocycles. The van der Waals surface area contributed by atoms with Crippen LogP contribution in [0.1, 0.15) is 34.1 Å². The minimum absolute atomic E-state index is 0. The lowest BCUT2D eigenvalue weighted by Gasteiger charge is -2.11. The summed E-state index contributed by atoms with van der Waals surface area (Å²) in [6, 6.07) is 7.02. The number of nitrogens with one attached hydrogen (secondary N) is 3. The summed E-state index contributed by atoms with van der Waals surface area (Å²) in [7, 11) is 1.60. The molecule has 0 aliphatic carbocycles. The van der Waals surface area contributed by atoms with Crippen molar-refractivity contribution in [1.82, 2.24) is 20.9 Å². The van der Waals surface area contributed by atoms with Gasteiger partial charge in [0.2, 0.25) is 0 Å². The minimum atomic E-state index is -0.115. The SMILES string of the molecule is CCNC(=NCc1ncc(CC)s1)NCCNC(=O)c1ccc(OC)cc1.I. The van der Waals surface area contributed by atoms with Gasteiger partial charge in [-0.05, 0) is 37.6 Å². The van der Waals surface area contributed by atoms with Crippen LogP contribution in [0.15, 0.2) is 35.5 Å². The average molecular weight is 517 g/mol. The van der Waals surface area contributed by atoms with Crippen molar-refractivity contribution in [2.45, 2.75) is 26.8 Å². The van der Waals surface area contributed by atoms with Gasteiger partial charge in [-0.25, -0.2) is 9.98 Å². The van der Waals surface area contributed by atoms with Gasteiger partial charge in [-0.15, -0.1) is 35.3 Å². The highest BCUT2D eigenvalue weighted by Crippen LogP contribution is 2.14. The molecule has 9 heteroatoms. The zero-order chi connectivity index (χ0) is 19.5. The van der Waals surface area contributed by atoms with Gasteiger partial charge < -0.3 is 20.7 Å². The average Bonchev–Trinajstić information content (AvgIpc) is 3.17. The van der Waals surface area contributed by atoms with Crippen LogP contribution in [0.2, 0.25) is 0 Å². The third kappa shape index (κ3) is 8.01. The molecule has 0 aliphatic rings. The molecule has 2 aromatic rings. The zero-order valence-electron chi connectivity index (χ0n) is 16.4. The highest BCUT2D eigenvalue weighted by molar-refractivity contribution is 14.0. The Morgan fingerprint density at radius 3 is 2.46 bits per heavy atom. The molecular formula is C19H28IN5O2S. The molecule has 28 heavy (non-hydrogen) atoms. The van der Waals surface area contributed by atoms with Gasteiger partial charge in [0.1, 0.15) is 10.8 Å². The van der Waals surface area contributed by atoms with Gasteiger partial charge in [-0.3, -0.25) is 4.79 Å². The number of hydrogen-bond donors (Lipinski definition) is 3. The Morgan fingerprint density at radius 2 is 1.86 bits per heavy atom. The van der Waals surface area contributed by atoms with Crippen LogP contribution in [0.4, 0.5) is 0 Å². The smallest absolute Gasteiger partial charge is 0.251 e. The van der Waals surface area contributed by atoms with E-state index in [-0.39, 0.29) is 29.9 Å². The summed E-state index contributed by atoms with van der Waals surface area (Å²) in [6.07, 6.45) is 2.90. The molecule has 0 unspecified atom stereocenters. The quantitative estimate of drug-likeness (QED) is 0.206. The van der Waals surface area contributed by atoms with Crippen molar-refractivity contribution in [2.24, 2.45) is 4.99 Å². The maximum absolute atomic E-state index is 12.1. The molecule has 1 amide bonds. The molecule has 0 saturated carbocycles. The van der Waals surface area contributed by atoms with Crippen molar-refractivity contribution in [3.8, 4) is 5.75 Å². The van der Waals surface area contributed by atoms with E-state index in [0.29, 0.717) is 31.2 Å². The lowest BCUT2D eigenvalue weighted by atomic mass is 10.2. The second-order valence-corrected chi connectivity index (χ2v) is 6.88. The van der Waals surface area contributed by atoms with E-state index >= 15 is 0 Å². The van der Waals surface area contributed by atoms with Crippen LogP contribution < -0.4 is 20.7 Å². The van der Waals surface area contributed by atoms with Gasteiger partial charge in [0.25, 0.3) is 5.91 Å². The Hall–Kier alpha value is -1.88. The van der Waals surface area contributed by atoms with Crippen LogP contribution in [0.3, 0.4) is 0 Å². The second-order valence-electron chi connectivity index (χ2n) is 5.68. The van der Waals surface area contributed by atoms with Crippen LogP contribution in [0.25, 0.3) is 0 Å². The number of rotatable bonds is 9. The summed E-state index contributed by atoms with van der Waals surface area (Å²) < 4.78 is 5.09. The third-order valence-electron chi connectivity index (χ3n) is 3.72. The van der Waals surface area contributed by atoms with E-state index in [1.54, 1.807) is 42.7 Å². The zero-order valence-corrected chi connectivity index (χ0v) is 19.6. The normalized spacial score (nSPS) is 10.8. The van der Waals surface area contributed by atoms with E-state index in [1.165, 1.54) is 4.88 Å². The number of amides is 1. The van der Waals surface area contributed by atoms with Crippen molar-refractivity contribution < 1.29 is 9.53 Å². The first-order valence-corrected chi connectivity index (χ1v) is 9.85. The van der Waals surface area contributed by atoms with Crippen molar-refractivity contribution in [2.75, 3.05) is 26.7 Å². The fourth-order valence-electron chi connectivity index (χ4n) is 2.27. The molecule has 0 bridgehead atoms. The maximum atomic E-state index is 12.1. The molecule has 154 valence electrons. The fraction of sp³-hybridized carbons (Fsp3) is 0.421. The van der Waals surface area contributed by atoms with Gasteiger partial charge in [0, 0.05) is 36.3 Å². The van der Waals surface area contributed by atoms with Crippen LogP contribution in [0, 0.1) is 0 Å². The number of aryl methyl sites for hydroxylation is 1. The molecule has 0 spiro atoms. The molecule has 1 heterocycles. The van der Waals surface area contributed by atoms with E-state index in [2.05, 4.69) is 32.9 Å². The van der Waals surface area contributed by atoms with Crippen molar-refractivity contribution in [3.05, 3.63) is 45.9 Å². The summed E-state index contributed by atoms with van der Waals surface area (Å²) >= 11 is 1.69. The predicted octanol–water partition coefficient (Wildman–Crippen LogP) is 2.82. The van der Waals surface area contributed by atoms with Crippen molar-refractivity contribution in [1.29, 1.82) is 0 Å². The summed E-state index contributed by atoms with van der Waals surface area (Å²) in [5, 5.41) is 10.3. The van der Waals surface area contributed by atoms with Gasteiger partial charge in [-0.2, -0.15) is 0 Å². The molecule has 0 atom stereocenters. The second kappa shape index (κ2) is 13.3. The van der Waals surface area contributed by atoms with Crippen LogP contribution in [-0.4, -0.2) is 43.6 Å². The Kier molecular flexibility index (Phi) is 11.5. The van der Waals surface area contributed by atoms with E-state index in [0.717, 1.165) is 23.7 Å². The Labute approximate surface area is 187 Å². The number of hydrogen-bond acceptors (Lipinski definition) is 5. The summed E-state index contributed by atoms with van der Waals surface area (Å²) in [6.45, 7) is 6.51. The summed E-state index contributed by atoms with van der Waals surface area (Å²) in [5.41, 5.74) is 0.604. The van der Waals surface area contributed by atoms with Crippen LogP contribution in [-0.2, 0) is 13.0 Å². The van der Waals surface area contributed by atoms with Crippen LogP contribution in [0.5, 0.6) is 5.75 Å². The fourth-order valence-corrected chi connectivity index (χ4v) is 3.06.